The average molecular weight is 294 g/mol. The molecule has 2 heteroatoms. The molecule has 2 aromatic carbocycles. The van der Waals surface area contributed by atoms with Crippen molar-refractivity contribution in [1.82, 2.24) is 0 Å². The fourth-order valence-corrected chi connectivity index (χ4v) is 4.46. The highest BCUT2D eigenvalue weighted by Crippen LogP contribution is 2.23. The van der Waals surface area contributed by atoms with Crippen molar-refractivity contribution in [3.8, 4) is 0 Å². The Hall–Kier alpha value is -0.730. The first-order valence-electron chi connectivity index (χ1n) is 5.29. The van der Waals surface area contributed by atoms with Gasteiger partial charge in [-0.3, -0.25) is 0 Å². The molecule has 0 saturated carbocycles. The van der Waals surface area contributed by atoms with Crippen molar-refractivity contribution in [3.05, 3.63) is 60.7 Å². The Balaban J connectivity index is 2.31. The van der Waals surface area contributed by atoms with E-state index in [1.54, 1.807) is 0 Å². The van der Waals surface area contributed by atoms with Crippen molar-refractivity contribution in [1.29, 1.82) is 0 Å². The molecule has 0 radical (unpaired) electrons. The maximum Gasteiger partial charge on any atom is 0.160 e. The van der Waals surface area contributed by atoms with Crippen LogP contribution in [-0.2, 0) is 10.9 Å². The molecular formula is C14H14BrS+. The molecule has 0 atom stereocenters. The lowest BCUT2D eigenvalue weighted by Crippen LogP contribution is -2.09. The summed E-state index contributed by atoms with van der Waals surface area (Å²) in [5.41, 5.74) is 0. The van der Waals surface area contributed by atoms with Gasteiger partial charge in [0.1, 0.15) is 5.75 Å². The third kappa shape index (κ3) is 2.89. The van der Waals surface area contributed by atoms with Gasteiger partial charge in [0.05, 0.1) is 10.9 Å². The number of alkyl halides is 1. The topological polar surface area (TPSA) is 0 Å². The first-order valence-corrected chi connectivity index (χ1v) is 7.80. The lowest BCUT2D eigenvalue weighted by atomic mass is 10.4. The quantitative estimate of drug-likeness (QED) is 0.588. The van der Waals surface area contributed by atoms with Crippen molar-refractivity contribution in [3.63, 3.8) is 0 Å². The largest absolute Gasteiger partial charge is 0.160 e. The van der Waals surface area contributed by atoms with Crippen molar-refractivity contribution in [2.45, 2.75) is 9.79 Å². The van der Waals surface area contributed by atoms with E-state index < -0.39 is 0 Å². The fraction of sp³-hybridized carbons (Fsp3) is 0.143. The third-order valence-corrected chi connectivity index (χ3v) is 5.55. The predicted molar refractivity (Wildman–Crippen MR) is 75.4 cm³/mol. The second-order valence-corrected chi connectivity index (χ2v) is 6.34. The van der Waals surface area contributed by atoms with Crippen LogP contribution in [0.1, 0.15) is 0 Å². The maximum absolute atomic E-state index is 3.55. The molecule has 0 nitrogen and oxygen atoms in total. The van der Waals surface area contributed by atoms with E-state index in [1.807, 2.05) is 0 Å². The lowest BCUT2D eigenvalue weighted by molar-refractivity contribution is 1.34. The SMILES string of the molecule is BrCC[S+](c1ccccc1)c1ccccc1. The monoisotopic (exact) mass is 293 g/mol. The molecule has 0 fully saturated rings. The van der Waals surface area contributed by atoms with Crippen LogP contribution < -0.4 is 0 Å². The normalized spacial score (nSPS) is 10.6. The van der Waals surface area contributed by atoms with Crippen LogP contribution in [0, 0.1) is 0 Å². The van der Waals surface area contributed by atoms with Crippen LogP contribution in [0.25, 0.3) is 0 Å². The van der Waals surface area contributed by atoms with Gasteiger partial charge in [0.25, 0.3) is 0 Å². The second kappa shape index (κ2) is 6.12. The van der Waals surface area contributed by atoms with E-state index in [2.05, 4.69) is 76.6 Å². The number of halogens is 1. The van der Waals surface area contributed by atoms with E-state index >= 15 is 0 Å². The van der Waals surface area contributed by atoms with E-state index in [9.17, 15) is 0 Å². The van der Waals surface area contributed by atoms with E-state index in [0.29, 0.717) is 0 Å². The first-order chi connectivity index (χ1) is 7.92. The summed E-state index contributed by atoms with van der Waals surface area (Å²) in [4.78, 5) is 2.85. The van der Waals surface area contributed by atoms with Gasteiger partial charge in [-0.05, 0) is 24.3 Å². The zero-order valence-corrected chi connectivity index (χ0v) is 11.4. The number of benzene rings is 2. The molecule has 0 aromatic heterocycles. The summed E-state index contributed by atoms with van der Waals surface area (Å²) >= 11 is 3.55. The Morgan fingerprint density at radius 1 is 0.750 bits per heavy atom. The maximum atomic E-state index is 3.55. The first kappa shape index (κ1) is 11.7. The number of rotatable bonds is 4. The van der Waals surface area contributed by atoms with Gasteiger partial charge in [0.15, 0.2) is 9.79 Å². The van der Waals surface area contributed by atoms with Crippen LogP contribution in [0.5, 0.6) is 0 Å². The van der Waals surface area contributed by atoms with Crippen LogP contribution in [0.2, 0.25) is 0 Å². The molecule has 0 heterocycles. The zero-order valence-electron chi connectivity index (χ0n) is 8.97. The lowest BCUT2D eigenvalue weighted by Gasteiger charge is -2.05. The average Bonchev–Trinajstić information content (AvgIpc) is 2.38. The molecule has 2 aromatic rings. The minimum absolute atomic E-state index is 0.202. The number of hydrogen-bond acceptors (Lipinski definition) is 0. The van der Waals surface area contributed by atoms with E-state index in [0.717, 1.165) is 11.1 Å². The van der Waals surface area contributed by atoms with Crippen molar-refractivity contribution < 1.29 is 0 Å². The molecule has 0 amide bonds. The Kier molecular flexibility index (Phi) is 4.49. The van der Waals surface area contributed by atoms with Gasteiger partial charge in [-0.25, -0.2) is 0 Å². The van der Waals surface area contributed by atoms with E-state index in [-0.39, 0.29) is 10.9 Å². The van der Waals surface area contributed by atoms with Crippen LogP contribution >= 0.6 is 15.9 Å². The Bertz CT molecular complexity index is 374. The highest BCUT2D eigenvalue weighted by molar-refractivity contribution is 9.09. The van der Waals surface area contributed by atoms with Crippen LogP contribution in [0.15, 0.2) is 70.5 Å². The summed E-state index contributed by atoms with van der Waals surface area (Å²) in [6.07, 6.45) is 0. The van der Waals surface area contributed by atoms with Gasteiger partial charge in [0, 0.05) is 5.33 Å². The standard InChI is InChI=1S/C14H14BrS/c15-11-12-16(13-7-3-1-4-8-13)14-9-5-2-6-10-14/h1-10H,11-12H2/q+1. The van der Waals surface area contributed by atoms with E-state index in [4.69, 9.17) is 0 Å². The molecule has 0 N–H and O–H groups in total. The van der Waals surface area contributed by atoms with Crippen molar-refractivity contribution in [2.75, 3.05) is 11.1 Å². The second-order valence-electron chi connectivity index (χ2n) is 3.41. The Morgan fingerprint density at radius 2 is 1.19 bits per heavy atom. The minimum Gasteiger partial charge on any atom is -0.0877 e. The summed E-state index contributed by atoms with van der Waals surface area (Å²) in [6, 6.07) is 21.5. The zero-order chi connectivity index (χ0) is 11.2. The molecule has 0 saturated heterocycles. The van der Waals surface area contributed by atoms with Gasteiger partial charge in [-0.2, -0.15) is 0 Å². The van der Waals surface area contributed by atoms with Gasteiger partial charge >= 0.3 is 0 Å². The summed E-state index contributed by atoms with van der Waals surface area (Å²) in [5, 5.41) is 1.04. The molecule has 0 aliphatic carbocycles. The molecule has 0 aliphatic rings. The highest BCUT2D eigenvalue weighted by atomic mass is 79.9. The van der Waals surface area contributed by atoms with Gasteiger partial charge in [-0.1, -0.05) is 52.3 Å². The Labute approximate surface area is 108 Å². The fourth-order valence-electron chi connectivity index (χ4n) is 1.62. The van der Waals surface area contributed by atoms with Gasteiger partial charge < -0.3 is 0 Å². The van der Waals surface area contributed by atoms with E-state index in [1.165, 1.54) is 9.79 Å². The molecule has 0 unspecified atom stereocenters. The summed E-state index contributed by atoms with van der Waals surface area (Å²) in [7, 11) is 0.202. The smallest absolute Gasteiger partial charge is 0.0877 e. The van der Waals surface area contributed by atoms with Crippen molar-refractivity contribution in [2.24, 2.45) is 0 Å². The van der Waals surface area contributed by atoms with Crippen molar-refractivity contribution >= 4 is 26.8 Å². The summed E-state index contributed by atoms with van der Waals surface area (Å²) in [6.45, 7) is 0. The Morgan fingerprint density at radius 3 is 1.56 bits per heavy atom. The minimum atomic E-state index is 0.202. The van der Waals surface area contributed by atoms with Crippen LogP contribution in [0.4, 0.5) is 0 Å². The predicted octanol–water partition coefficient (Wildman–Crippen LogP) is 4.12. The molecule has 2 rings (SSSR count). The van der Waals surface area contributed by atoms with Gasteiger partial charge in [-0.15, -0.1) is 0 Å². The highest BCUT2D eigenvalue weighted by Gasteiger charge is 2.23. The van der Waals surface area contributed by atoms with Gasteiger partial charge in [0.2, 0.25) is 0 Å². The molecule has 82 valence electrons. The number of hydrogen-bond donors (Lipinski definition) is 0. The summed E-state index contributed by atoms with van der Waals surface area (Å²) < 4.78 is 0. The van der Waals surface area contributed by atoms with Crippen LogP contribution in [-0.4, -0.2) is 11.1 Å². The molecular weight excluding hydrogens is 280 g/mol. The molecule has 0 bridgehead atoms. The third-order valence-electron chi connectivity index (χ3n) is 2.34. The summed E-state index contributed by atoms with van der Waals surface area (Å²) in [5.74, 6) is 1.16. The molecule has 16 heavy (non-hydrogen) atoms. The van der Waals surface area contributed by atoms with Crippen LogP contribution in [0.3, 0.4) is 0 Å². The molecule has 0 aliphatic heterocycles. The molecule has 0 spiro atoms.